The molecule has 3 rings (SSSR count). The van der Waals surface area contributed by atoms with Crippen molar-refractivity contribution in [3.05, 3.63) is 23.9 Å². The lowest BCUT2D eigenvalue weighted by Crippen LogP contribution is -2.30. The van der Waals surface area contributed by atoms with E-state index in [0.717, 1.165) is 37.3 Å². The molecule has 1 aromatic heterocycles. The quantitative estimate of drug-likeness (QED) is 0.858. The molecule has 5 heteroatoms. The van der Waals surface area contributed by atoms with Crippen LogP contribution in [0.2, 0.25) is 0 Å². The van der Waals surface area contributed by atoms with E-state index < -0.39 is 0 Å². The average Bonchev–Trinajstić information content (AvgIpc) is 2.95. The fourth-order valence-corrected chi connectivity index (χ4v) is 3.69. The SMILES string of the molecule is O=C(COC1CCCCC1)NCc1ccc(N2CCCCCC2)nc1. The zero-order valence-corrected chi connectivity index (χ0v) is 15.2. The third-order valence-electron chi connectivity index (χ3n) is 5.23. The molecule has 0 bridgehead atoms. The van der Waals surface area contributed by atoms with Crippen molar-refractivity contribution in [3.63, 3.8) is 0 Å². The maximum Gasteiger partial charge on any atom is 0.246 e. The maximum absolute atomic E-state index is 11.9. The Hall–Kier alpha value is -1.62. The van der Waals surface area contributed by atoms with Crippen LogP contribution in [0.15, 0.2) is 18.3 Å². The van der Waals surface area contributed by atoms with Gasteiger partial charge in [-0.05, 0) is 37.3 Å². The molecular weight excluding hydrogens is 314 g/mol. The van der Waals surface area contributed by atoms with Crippen LogP contribution >= 0.6 is 0 Å². The largest absolute Gasteiger partial charge is 0.368 e. The van der Waals surface area contributed by atoms with Crippen molar-refractivity contribution < 1.29 is 9.53 Å². The molecule has 2 heterocycles. The molecule has 2 aliphatic rings. The first kappa shape index (κ1) is 18.2. The van der Waals surface area contributed by atoms with E-state index in [1.807, 2.05) is 6.20 Å². The predicted molar refractivity (Wildman–Crippen MR) is 99.6 cm³/mol. The topological polar surface area (TPSA) is 54.5 Å². The van der Waals surface area contributed by atoms with Gasteiger partial charge in [-0.3, -0.25) is 4.79 Å². The molecule has 0 spiro atoms. The lowest BCUT2D eigenvalue weighted by molar-refractivity contribution is -0.128. The summed E-state index contributed by atoms with van der Waals surface area (Å²) >= 11 is 0. The van der Waals surface area contributed by atoms with Gasteiger partial charge < -0.3 is 15.0 Å². The molecular formula is C20H31N3O2. The van der Waals surface area contributed by atoms with Crippen molar-refractivity contribution in [2.75, 3.05) is 24.6 Å². The van der Waals surface area contributed by atoms with E-state index in [0.29, 0.717) is 6.54 Å². The van der Waals surface area contributed by atoms with E-state index >= 15 is 0 Å². The highest BCUT2D eigenvalue weighted by atomic mass is 16.5. The van der Waals surface area contributed by atoms with Crippen LogP contribution in [-0.2, 0) is 16.1 Å². The van der Waals surface area contributed by atoms with Crippen molar-refractivity contribution in [1.29, 1.82) is 0 Å². The van der Waals surface area contributed by atoms with Crippen LogP contribution in [-0.4, -0.2) is 36.7 Å². The van der Waals surface area contributed by atoms with Crippen molar-refractivity contribution in [2.24, 2.45) is 0 Å². The van der Waals surface area contributed by atoms with Crippen LogP contribution < -0.4 is 10.2 Å². The minimum absolute atomic E-state index is 0.0397. The Labute approximate surface area is 151 Å². The van der Waals surface area contributed by atoms with Gasteiger partial charge in [0, 0.05) is 25.8 Å². The highest BCUT2D eigenvalue weighted by molar-refractivity contribution is 5.77. The van der Waals surface area contributed by atoms with E-state index in [9.17, 15) is 4.79 Å². The minimum Gasteiger partial charge on any atom is -0.368 e. The molecule has 138 valence electrons. The average molecular weight is 345 g/mol. The number of carbonyl (C=O) groups excluding carboxylic acids is 1. The maximum atomic E-state index is 11.9. The Balaban J connectivity index is 1.39. The first-order chi connectivity index (χ1) is 12.3. The first-order valence-corrected chi connectivity index (χ1v) is 9.89. The summed E-state index contributed by atoms with van der Waals surface area (Å²) in [6.45, 7) is 2.88. The summed E-state index contributed by atoms with van der Waals surface area (Å²) in [5, 5.41) is 2.93. The molecule has 5 nitrogen and oxygen atoms in total. The Morgan fingerprint density at radius 3 is 2.48 bits per heavy atom. The van der Waals surface area contributed by atoms with Crippen LogP contribution in [0.4, 0.5) is 5.82 Å². The summed E-state index contributed by atoms with van der Waals surface area (Å²) in [5.74, 6) is 1.01. The summed E-state index contributed by atoms with van der Waals surface area (Å²) in [5.41, 5.74) is 1.03. The van der Waals surface area contributed by atoms with Gasteiger partial charge in [-0.1, -0.05) is 38.2 Å². The van der Waals surface area contributed by atoms with E-state index in [2.05, 4.69) is 27.3 Å². The second-order valence-electron chi connectivity index (χ2n) is 7.27. The Bertz CT molecular complexity index is 518. The molecule has 0 aromatic carbocycles. The zero-order chi connectivity index (χ0) is 17.3. The molecule has 1 aliphatic heterocycles. The molecule has 0 unspecified atom stereocenters. The van der Waals surface area contributed by atoms with Gasteiger partial charge >= 0.3 is 0 Å². The smallest absolute Gasteiger partial charge is 0.246 e. The van der Waals surface area contributed by atoms with Crippen molar-refractivity contribution >= 4 is 11.7 Å². The Kier molecular flexibility index (Phi) is 7.10. The van der Waals surface area contributed by atoms with Gasteiger partial charge in [0.05, 0.1) is 6.10 Å². The molecule has 0 atom stereocenters. The van der Waals surface area contributed by atoms with Crippen LogP contribution in [0, 0.1) is 0 Å². The summed E-state index contributed by atoms with van der Waals surface area (Å²) in [6.07, 6.45) is 13.2. The second-order valence-corrected chi connectivity index (χ2v) is 7.27. The number of rotatable bonds is 6. The van der Waals surface area contributed by atoms with Gasteiger partial charge in [0.25, 0.3) is 0 Å². The number of carbonyl (C=O) groups is 1. The molecule has 1 saturated carbocycles. The Morgan fingerprint density at radius 2 is 1.80 bits per heavy atom. The number of anilines is 1. The van der Waals surface area contributed by atoms with Gasteiger partial charge in [-0.15, -0.1) is 0 Å². The molecule has 1 aliphatic carbocycles. The van der Waals surface area contributed by atoms with Gasteiger partial charge in [0.15, 0.2) is 0 Å². The lowest BCUT2D eigenvalue weighted by Gasteiger charge is -2.22. The van der Waals surface area contributed by atoms with Gasteiger partial charge in [-0.2, -0.15) is 0 Å². The second kappa shape index (κ2) is 9.76. The first-order valence-electron chi connectivity index (χ1n) is 9.89. The molecule has 25 heavy (non-hydrogen) atoms. The van der Waals surface area contributed by atoms with Crippen LogP contribution in [0.3, 0.4) is 0 Å². The third kappa shape index (κ3) is 5.99. The summed E-state index contributed by atoms with van der Waals surface area (Å²) in [4.78, 5) is 18.9. The van der Waals surface area contributed by atoms with Crippen molar-refractivity contribution in [1.82, 2.24) is 10.3 Å². The zero-order valence-electron chi connectivity index (χ0n) is 15.2. The normalized spacial score (nSPS) is 19.4. The number of hydrogen-bond acceptors (Lipinski definition) is 4. The molecule has 2 fully saturated rings. The fraction of sp³-hybridized carbons (Fsp3) is 0.700. The Morgan fingerprint density at radius 1 is 1.08 bits per heavy atom. The third-order valence-corrected chi connectivity index (χ3v) is 5.23. The van der Waals surface area contributed by atoms with E-state index in [1.54, 1.807) is 0 Å². The summed E-state index contributed by atoms with van der Waals surface area (Å²) in [6, 6.07) is 4.14. The van der Waals surface area contributed by atoms with E-state index in [1.165, 1.54) is 44.9 Å². The number of pyridine rings is 1. The van der Waals surface area contributed by atoms with Gasteiger partial charge in [-0.25, -0.2) is 4.98 Å². The lowest BCUT2D eigenvalue weighted by atomic mass is 9.98. The molecule has 0 radical (unpaired) electrons. The van der Waals surface area contributed by atoms with Gasteiger partial charge in [0.1, 0.15) is 12.4 Å². The number of amides is 1. The summed E-state index contributed by atoms with van der Waals surface area (Å²) < 4.78 is 5.71. The van der Waals surface area contributed by atoms with Gasteiger partial charge in [0.2, 0.25) is 5.91 Å². The van der Waals surface area contributed by atoms with Crippen molar-refractivity contribution in [2.45, 2.75) is 70.4 Å². The number of ether oxygens (including phenoxy) is 1. The monoisotopic (exact) mass is 345 g/mol. The molecule has 1 aromatic rings. The highest BCUT2D eigenvalue weighted by Gasteiger charge is 2.15. The number of nitrogens with zero attached hydrogens (tertiary/aromatic N) is 2. The highest BCUT2D eigenvalue weighted by Crippen LogP contribution is 2.20. The minimum atomic E-state index is -0.0397. The molecule has 1 saturated heterocycles. The van der Waals surface area contributed by atoms with Crippen LogP contribution in [0.5, 0.6) is 0 Å². The van der Waals surface area contributed by atoms with E-state index in [4.69, 9.17) is 4.74 Å². The predicted octanol–water partition coefficient (Wildman–Crippen LogP) is 3.43. The van der Waals surface area contributed by atoms with Crippen LogP contribution in [0.25, 0.3) is 0 Å². The number of aromatic nitrogens is 1. The van der Waals surface area contributed by atoms with E-state index in [-0.39, 0.29) is 18.6 Å². The number of nitrogens with one attached hydrogen (secondary N) is 1. The standard InChI is InChI=1S/C20H31N3O2/c24-20(16-25-18-8-4-3-5-9-18)22-15-17-10-11-19(21-14-17)23-12-6-1-2-7-13-23/h10-11,14,18H,1-9,12-13,15-16H2,(H,22,24). The number of hydrogen-bond donors (Lipinski definition) is 1. The van der Waals surface area contributed by atoms with Crippen molar-refractivity contribution in [3.8, 4) is 0 Å². The van der Waals surface area contributed by atoms with Crippen LogP contribution in [0.1, 0.15) is 63.4 Å². The summed E-state index contributed by atoms with van der Waals surface area (Å²) in [7, 11) is 0. The fourth-order valence-electron chi connectivity index (χ4n) is 3.69. The molecule has 1 N–H and O–H groups in total. The molecule has 1 amide bonds.